The number of benzene rings is 1. The van der Waals surface area contributed by atoms with Gasteiger partial charge in [0.2, 0.25) is 5.88 Å². The maximum Gasteiger partial charge on any atom is 0.221 e. The number of pyridine rings is 1. The number of fused-ring (bicyclic) bond motifs is 1. The fraction of sp³-hybridized carbons (Fsp3) is 0.250. The van der Waals surface area contributed by atoms with Crippen molar-refractivity contribution in [1.82, 2.24) is 14.8 Å². The molecule has 0 amide bonds. The zero-order chi connectivity index (χ0) is 14.8. The molecule has 5 heteroatoms. The zero-order valence-electron chi connectivity index (χ0n) is 12.2. The SMILES string of the molecule is Cc1nn(C)c(Oc2cccc3ncccc23)c1CCN. The summed E-state index contributed by atoms with van der Waals surface area (Å²) in [4.78, 5) is 4.35. The van der Waals surface area contributed by atoms with E-state index in [9.17, 15) is 0 Å². The average Bonchev–Trinajstić information content (AvgIpc) is 2.75. The van der Waals surface area contributed by atoms with Crippen molar-refractivity contribution in [3.05, 3.63) is 47.8 Å². The molecule has 0 unspecified atom stereocenters. The van der Waals surface area contributed by atoms with Gasteiger partial charge in [-0.3, -0.25) is 4.98 Å². The first-order valence-corrected chi connectivity index (χ1v) is 6.95. The van der Waals surface area contributed by atoms with E-state index in [1.54, 1.807) is 10.9 Å². The van der Waals surface area contributed by atoms with E-state index in [1.807, 2.05) is 44.3 Å². The second kappa shape index (κ2) is 5.54. The Balaban J connectivity index is 2.07. The first kappa shape index (κ1) is 13.6. The predicted octanol–water partition coefficient (Wildman–Crippen LogP) is 2.57. The highest BCUT2D eigenvalue weighted by Gasteiger charge is 2.15. The smallest absolute Gasteiger partial charge is 0.221 e. The third-order valence-corrected chi connectivity index (χ3v) is 3.50. The Morgan fingerprint density at radius 1 is 1.24 bits per heavy atom. The minimum Gasteiger partial charge on any atom is -0.438 e. The van der Waals surface area contributed by atoms with Crippen molar-refractivity contribution in [1.29, 1.82) is 0 Å². The van der Waals surface area contributed by atoms with Crippen molar-refractivity contribution in [2.75, 3.05) is 6.54 Å². The van der Waals surface area contributed by atoms with Crippen molar-refractivity contribution >= 4 is 10.9 Å². The van der Waals surface area contributed by atoms with E-state index >= 15 is 0 Å². The quantitative estimate of drug-likeness (QED) is 0.798. The van der Waals surface area contributed by atoms with Crippen LogP contribution < -0.4 is 10.5 Å². The molecule has 0 aliphatic rings. The Hall–Kier alpha value is -2.40. The molecule has 2 N–H and O–H groups in total. The number of nitrogens with two attached hydrogens (primary N) is 1. The molecule has 2 aromatic heterocycles. The van der Waals surface area contributed by atoms with Gasteiger partial charge >= 0.3 is 0 Å². The molecule has 1 aromatic carbocycles. The molecule has 0 aliphatic carbocycles. The first-order chi connectivity index (χ1) is 10.2. The molecule has 0 fully saturated rings. The predicted molar refractivity (Wildman–Crippen MR) is 82.5 cm³/mol. The van der Waals surface area contributed by atoms with Crippen LogP contribution in [0.1, 0.15) is 11.3 Å². The fourth-order valence-corrected chi connectivity index (χ4v) is 2.51. The molecule has 0 radical (unpaired) electrons. The topological polar surface area (TPSA) is 66.0 Å². The minimum atomic E-state index is 0.569. The van der Waals surface area contributed by atoms with Crippen LogP contribution in [0.15, 0.2) is 36.5 Å². The van der Waals surface area contributed by atoms with Crippen LogP contribution in [0.3, 0.4) is 0 Å². The van der Waals surface area contributed by atoms with Gasteiger partial charge in [-0.15, -0.1) is 0 Å². The number of aromatic nitrogens is 3. The van der Waals surface area contributed by atoms with Crippen molar-refractivity contribution in [2.45, 2.75) is 13.3 Å². The summed E-state index contributed by atoms with van der Waals surface area (Å²) in [6, 6.07) is 9.76. The van der Waals surface area contributed by atoms with Gasteiger partial charge in [0.1, 0.15) is 5.75 Å². The molecule has 108 valence electrons. The summed E-state index contributed by atoms with van der Waals surface area (Å²) in [5.74, 6) is 1.52. The van der Waals surface area contributed by atoms with Crippen LogP contribution in [0, 0.1) is 6.92 Å². The van der Waals surface area contributed by atoms with E-state index in [-0.39, 0.29) is 0 Å². The fourth-order valence-electron chi connectivity index (χ4n) is 2.51. The van der Waals surface area contributed by atoms with Gasteiger partial charge in [-0.1, -0.05) is 6.07 Å². The largest absolute Gasteiger partial charge is 0.438 e. The van der Waals surface area contributed by atoms with Crippen LogP contribution in [0.25, 0.3) is 10.9 Å². The number of hydrogen-bond donors (Lipinski definition) is 1. The van der Waals surface area contributed by atoms with Gasteiger partial charge < -0.3 is 10.5 Å². The Labute approximate surface area is 123 Å². The molecule has 2 heterocycles. The summed E-state index contributed by atoms with van der Waals surface area (Å²) in [7, 11) is 1.88. The number of nitrogens with zero attached hydrogens (tertiary/aromatic N) is 3. The van der Waals surface area contributed by atoms with Crippen molar-refractivity contribution in [3.8, 4) is 11.6 Å². The lowest BCUT2D eigenvalue weighted by Crippen LogP contribution is -2.05. The van der Waals surface area contributed by atoms with Gasteiger partial charge in [0.25, 0.3) is 0 Å². The summed E-state index contributed by atoms with van der Waals surface area (Å²) in [5, 5.41) is 5.41. The Morgan fingerprint density at radius 2 is 2.10 bits per heavy atom. The van der Waals surface area contributed by atoms with Gasteiger partial charge in [0.15, 0.2) is 0 Å². The Morgan fingerprint density at radius 3 is 2.90 bits per heavy atom. The minimum absolute atomic E-state index is 0.569. The second-order valence-electron chi connectivity index (χ2n) is 4.96. The standard InChI is InChI=1S/C16H18N4O/c1-11-12(8-9-17)16(20(2)19-11)21-15-7-3-6-14-13(15)5-4-10-18-14/h3-7,10H,8-9,17H2,1-2H3. The average molecular weight is 282 g/mol. The molecule has 0 aliphatic heterocycles. The molecule has 5 nitrogen and oxygen atoms in total. The Kier molecular flexibility index (Phi) is 3.58. The molecular formula is C16H18N4O. The number of rotatable bonds is 4. The highest BCUT2D eigenvalue weighted by Crippen LogP contribution is 2.31. The summed E-state index contributed by atoms with van der Waals surface area (Å²) in [6.07, 6.45) is 2.53. The van der Waals surface area contributed by atoms with E-state index < -0.39 is 0 Å². The van der Waals surface area contributed by atoms with E-state index in [2.05, 4.69) is 10.1 Å². The molecular weight excluding hydrogens is 264 g/mol. The maximum absolute atomic E-state index is 6.13. The lowest BCUT2D eigenvalue weighted by Gasteiger charge is -2.10. The van der Waals surface area contributed by atoms with Gasteiger partial charge in [-0.05, 0) is 44.2 Å². The van der Waals surface area contributed by atoms with E-state index in [0.29, 0.717) is 6.54 Å². The monoisotopic (exact) mass is 282 g/mol. The van der Waals surface area contributed by atoms with E-state index in [4.69, 9.17) is 10.5 Å². The molecule has 0 bridgehead atoms. The van der Waals surface area contributed by atoms with E-state index in [0.717, 1.165) is 40.2 Å². The number of ether oxygens (including phenoxy) is 1. The molecule has 0 saturated carbocycles. The van der Waals surface area contributed by atoms with Crippen LogP contribution in [0.2, 0.25) is 0 Å². The summed E-state index contributed by atoms with van der Waals surface area (Å²) < 4.78 is 7.89. The van der Waals surface area contributed by atoms with Gasteiger partial charge in [-0.25, -0.2) is 4.68 Å². The van der Waals surface area contributed by atoms with Crippen LogP contribution in [0.5, 0.6) is 11.6 Å². The molecule has 0 spiro atoms. The summed E-state index contributed by atoms with van der Waals surface area (Å²) in [5.41, 5.74) is 8.61. The lowest BCUT2D eigenvalue weighted by atomic mass is 10.2. The molecule has 3 aromatic rings. The maximum atomic E-state index is 6.13. The second-order valence-corrected chi connectivity index (χ2v) is 4.96. The van der Waals surface area contributed by atoms with Crippen molar-refractivity contribution in [3.63, 3.8) is 0 Å². The summed E-state index contributed by atoms with van der Waals surface area (Å²) in [6.45, 7) is 2.54. The van der Waals surface area contributed by atoms with Gasteiger partial charge in [0, 0.05) is 24.2 Å². The molecule has 21 heavy (non-hydrogen) atoms. The number of aryl methyl sites for hydroxylation is 2. The van der Waals surface area contributed by atoms with Crippen LogP contribution in [0.4, 0.5) is 0 Å². The highest BCUT2D eigenvalue weighted by molar-refractivity contribution is 5.85. The first-order valence-electron chi connectivity index (χ1n) is 6.95. The molecule has 0 saturated heterocycles. The lowest BCUT2D eigenvalue weighted by molar-refractivity contribution is 0.430. The summed E-state index contributed by atoms with van der Waals surface area (Å²) >= 11 is 0. The third-order valence-electron chi connectivity index (χ3n) is 3.50. The van der Waals surface area contributed by atoms with Crippen molar-refractivity contribution in [2.24, 2.45) is 12.8 Å². The normalized spacial score (nSPS) is 11.0. The highest BCUT2D eigenvalue weighted by atomic mass is 16.5. The number of hydrogen-bond acceptors (Lipinski definition) is 4. The van der Waals surface area contributed by atoms with Crippen LogP contribution in [-0.2, 0) is 13.5 Å². The van der Waals surface area contributed by atoms with Gasteiger partial charge in [-0.2, -0.15) is 5.10 Å². The van der Waals surface area contributed by atoms with Gasteiger partial charge in [0.05, 0.1) is 11.2 Å². The zero-order valence-corrected chi connectivity index (χ0v) is 12.2. The van der Waals surface area contributed by atoms with Crippen molar-refractivity contribution < 1.29 is 4.74 Å². The third kappa shape index (κ3) is 2.48. The Bertz CT molecular complexity index is 774. The van der Waals surface area contributed by atoms with Crippen LogP contribution >= 0.6 is 0 Å². The van der Waals surface area contributed by atoms with E-state index in [1.165, 1.54) is 0 Å². The molecule has 0 atom stereocenters. The molecule has 3 rings (SSSR count). The van der Waals surface area contributed by atoms with Crippen LogP contribution in [-0.4, -0.2) is 21.3 Å².